The number of nitrogens with zero attached hydrogens (tertiary/aromatic N) is 1. The van der Waals surface area contributed by atoms with Gasteiger partial charge in [0.15, 0.2) is 0 Å². The van der Waals surface area contributed by atoms with E-state index < -0.39 is 0 Å². The Morgan fingerprint density at radius 1 is 1.26 bits per heavy atom. The number of aliphatic hydroxyl groups is 1. The number of fused-ring (bicyclic) bond motifs is 1. The molecule has 0 aromatic heterocycles. The van der Waals surface area contributed by atoms with Gasteiger partial charge in [-0.15, -0.1) is 0 Å². The van der Waals surface area contributed by atoms with E-state index >= 15 is 0 Å². The van der Waals surface area contributed by atoms with E-state index in [2.05, 4.69) is 0 Å². The highest BCUT2D eigenvalue weighted by molar-refractivity contribution is 5.68. The second kappa shape index (κ2) is 5.21. The van der Waals surface area contributed by atoms with Gasteiger partial charge in [0.25, 0.3) is 0 Å². The van der Waals surface area contributed by atoms with Crippen molar-refractivity contribution in [1.82, 2.24) is 4.90 Å². The van der Waals surface area contributed by atoms with Crippen LogP contribution in [0.4, 0.5) is 4.79 Å². The van der Waals surface area contributed by atoms with Crippen molar-refractivity contribution in [3.8, 4) is 0 Å². The molecule has 2 aliphatic rings. The largest absolute Gasteiger partial charge is 0.445 e. The van der Waals surface area contributed by atoms with Gasteiger partial charge in [-0.1, -0.05) is 30.3 Å². The molecule has 1 N–H and O–H groups in total. The Kier molecular flexibility index (Phi) is 3.42. The Hall–Kier alpha value is -1.55. The molecule has 3 atom stereocenters. The van der Waals surface area contributed by atoms with Gasteiger partial charge >= 0.3 is 6.09 Å². The van der Waals surface area contributed by atoms with Crippen molar-refractivity contribution in [3.63, 3.8) is 0 Å². The summed E-state index contributed by atoms with van der Waals surface area (Å²) in [5.74, 6) is 0.458. The molecule has 1 aromatic carbocycles. The highest BCUT2D eigenvalue weighted by Crippen LogP contribution is 2.38. The summed E-state index contributed by atoms with van der Waals surface area (Å²) in [4.78, 5) is 13.8. The van der Waals surface area contributed by atoms with Crippen LogP contribution in [0.1, 0.15) is 24.8 Å². The minimum Gasteiger partial charge on any atom is -0.445 e. The first-order valence-electron chi connectivity index (χ1n) is 6.91. The first-order valence-corrected chi connectivity index (χ1v) is 6.91. The van der Waals surface area contributed by atoms with Crippen molar-refractivity contribution in [2.24, 2.45) is 5.92 Å². The normalized spacial score (nSPS) is 29.3. The topological polar surface area (TPSA) is 49.8 Å². The molecule has 1 saturated heterocycles. The maximum Gasteiger partial charge on any atom is 0.410 e. The third-order valence-electron chi connectivity index (χ3n) is 4.25. The van der Waals surface area contributed by atoms with Crippen molar-refractivity contribution in [3.05, 3.63) is 35.9 Å². The summed E-state index contributed by atoms with van der Waals surface area (Å²) in [5.41, 5.74) is 0.985. The van der Waals surface area contributed by atoms with Gasteiger partial charge in [0.1, 0.15) is 6.61 Å². The van der Waals surface area contributed by atoms with E-state index in [0.717, 1.165) is 24.8 Å². The van der Waals surface area contributed by atoms with E-state index in [1.807, 2.05) is 30.3 Å². The van der Waals surface area contributed by atoms with Crippen LogP contribution in [0.2, 0.25) is 0 Å². The number of benzene rings is 1. The Morgan fingerprint density at radius 3 is 2.84 bits per heavy atom. The number of hydrogen-bond donors (Lipinski definition) is 1. The number of aliphatic hydroxyl groups excluding tert-OH is 1. The molecule has 0 bridgehead atoms. The number of likely N-dealkylation sites (tertiary alicyclic amines) is 1. The van der Waals surface area contributed by atoms with Crippen LogP contribution in [-0.2, 0) is 11.3 Å². The summed E-state index contributed by atoms with van der Waals surface area (Å²) in [5, 5.41) is 9.95. The van der Waals surface area contributed by atoms with Crippen molar-refractivity contribution in [1.29, 1.82) is 0 Å². The smallest absolute Gasteiger partial charge is 0.410 e. The molecule has 1 aromatic rings. The Labute approximate surface area is 113 Å². The zero-order valence-corrected chi connectivity index (χ0v) is 10.9. The van der Waals surface area contributed by atoms with Crippen LogP contribution in [0, 0.1) is 5.92 Å². The first kappa shape index (κ1) is 12.5. The van der Waals surface area contributed by atoms with Gasteiger partial charge in [-0.3, -0.25) is 0 Å². The third-order valence-corrected chi connectivity index (χ3v) is 4.25. The van der Waals surface area contributed by atoms with Gasteiger partial charge < -0.3 is 14.7 Å². The van der Waals surface area contributed by atoms with Crippen LogP contribution < -0.4 is 0 Å². The predicted octanol–water partition coefficient (Wildman–Crippen LogP) is 2.17. The van der Waals surface area contributed by atoms with Crippen molar-refractivity contribution < 1.29 is 14.6 Å². The van der Waals surface area contributed by atoms with Crippen molar-refractivity contribution >= 4 is 6.09 Å². The Bertz CT molecular complexity index is 448. The van der Waals surface area contributed by atoms with Crippen molar-refractivity contribution in [2.75, 3.05) is 6.54 Å². The zero-order valence-electron chi connectivity index (χ0n) is 10.9. The zero-order chi connectivity index (χ0) is 13.2. The second-order valence-corrected chi connectivity index (χ2v) is 5.42. The number of rotatable bonds is 2. The average Bonchev–Trinajstić information content (AvgIpc) is 3.01. The van der Waals surface area contributed by atoms with Crippen molar-refractivity contribution in [2.45, 2.75) is 38.0 Å². The summed E-state index contributed by atoms with van der Waals surface area (Å²) in [6, 6.07) is 9.63. The van der Waals surface area contributed by atoms with Crippen LogP contribution >= 0.6 is 0 Å². The molecule has 3 rings (SSSR count). The lowest BCUT2D eigenvalue weighted by Gasteiger charge is -2.26. The van der Waals surface area contributed by atoms with Gasteiger partial charge in [-0.05, 0) is 30.7 Å². The molecule has 0 unspecified atom stereocenters. The van der Waals surface area contributed by atoms with Crippen LogP contribution in [0.3, 0.4) is 0 Å². The van der Waals surface area contributed by atoms with Gasteiger partial charge in [0.05, 0.1) is 12.1 Å². The van der Waals surface area contributed by atoms with Gasteiger partial charge in [0.2, 0.25) is 0 Å². The van der Waals surface area contributed by atoms with E-state index in [4.69, 9.17) is 4.74 Å². The molecule has 102 valence electrons. The van der Waals surface area contributed by atoms with E-state index in [1.54, 1.807) is 4.90 Å². The lowest BCUT2D eigenvalue weighted by atomic mass is 10.0. The summed E-state index contributed by atoms with van der Waals surface area (Å²) < 4.78 is 5.34. The molecule has 0 spiro atoms. The summed E-state index contributed by atoms with van der Waals surface area (Å²) in [6.45, 7) is 1.00. The molecule has 1 aliphatic heterocycles. The molecular weight excluding hydrogens is 242 g/mol. The van der Waals surface area contributed by atoms with Crippen LogP contribution in [0.15, 0.2) is 30.3 Å². The van der Waals surface area contributed by atoms with E-state index in [0.29, 0.717) is 19.1 Å². The fourth-order valence-corrected chi connectivity index (χ4v) is 3.29. The standard InChI is InChI=1S/C15H19NO3/c17-13-7-6-12-8-9-16(14(12)13)15(18)19-10-11-4-2-1-3-5-11/h1-5,12-14,17H,6-10H2/t12-,13+,14+/m1/s1. The van der Waals surface area contributed by atoms with E-state index in [9.17, 15) is 9.90 Å². The molecule has 1 aliphatic carbocycles. The lowest BCUT2D eigenvalue weighted by molar-refractivity contribution is 0.0541. The molecule has 1 heterocycles. The quantitative estimate of drug-likeness (QED) is 0.887. The number of carbonyl (C=O) groups excluding carboxylic acids is 1. The highest BCUT2D eigenvalue weighted by atomic mass is 16.6. The maximum atomic E-state index is 12.1. The molecule has 0 radical (unpaired) electrons. The Morgan fingerprint density at radius 2 is 2.05 bits per heavy atom. The van der Waals surface area contributed by atoms with E-state index in [-0.39, 0.29) is 18.2 Å². The molecule has 4 heteroatoms. The predicted molar refractivity (Wildman–Crippen MR) is 70.5 cm³/mol. The van der Waals surface area contributed by atoms with Gasteiger partial charge in [-0.2, -0.15) is 0 Å². The molecule has 19 heavy (non-hydrogen) atoms. The summed E-state index contributed by atoms with van der Waals surface area (Å²) in [6.07, 6.45) is 2.14. The molecular formula is C15H19NO3. The lowest BCUT2D eigenvalue weighted by Crippen LogP contribution is -2.42. The first-order chi connectivity index (χ1) is 9.25. The number of ether oxygens (including phenoxy) is 1. The number of amides is 1. The van der Waals surface area contributed by atoms with E-state index in [1.165, 1.54) is 0 Å². The molecule has 4 nitrogen and oxygen atoms in total. The van der Waals surface area contributed by atoms with Crippen LogP contribution in [0.25, 0.3) is 0 Å². The molecule has 1 amide bonds. The fraction of sp³-hybridized carbons (Fsp3) is 0.533. The van der Waals surface area contributed by atoms with Gasteiger partial charge in [-0.25, -0.2) is 4.79 Å². The summed E-state index contributed by atoms with van der Waals surface area (Å²) in [7, 11) is 0. The fourth-order valence-electron chi connectivity index (χ4n) is 3.29. The number of carbonyl (C=O) groups is 1. The minimum absolute atomic E-state index is 0.0247. The van der Waals surface area contributed by atoms with Crippen LogP contribution in [-0.4, -0.2) is 34.8 Å². The molecule has 1 saturated carbocycles. The SMILES string of the molecule is O=C(OCc1ccccc1)N1CC[C@H]2CC[C@H](O)[C@H]21. The molecule has 2 fully saturated rings. The third kappa shape index (κ3) is 2.45. The monoisotopic (exact) mass is 261 g/mol. The minimum atomic E-state index is -0.378. The van der Waals surface area contributed by atoms with Gasteiger partial charge in [0, 0.05) is 6.54 Å². The second-order valence-electron chi connectivity index (χ2n) is 5.42. The number of hydrogen-bond acceptors (Lipinski definition) is 3. The van der Waals surface area contributed by atoms with Crippen LogP contribution in [0.5, 0.6) is 0 Å². The Balaban J connectivity index is 1.59. The maximum absolute atomic E-state index is 12.1. The average molecular weight is 261 g/mol. The summed E-state index contributed by atoms with van der Waals surface area (Å²) >= 11 is 0. The highest BCUT2D eigenvalue weighted by Gasteiger charge is 2.45.